The number of aliphatic imine (C=N–C) groups is 1. The predicted octanol–water partition coefficient (Wildman–Crippen LogP) is 3.53. The first-order valence-corrected chi connectivity index (χ1v) is 10.7. The summed E-state index contributed by atoms with van der Waals surface area (Å²) in [5.41, 5.74) is 2.06. The van der Waals surface area contributed by atoms with Crippen molar-refractivity contribution >= 4 is 29.9 Å². The van der Waals surface area contributed by atoms with E-state index in [2.05, 4.69) is 27.5 Å². The molecule has 1 unspecified atom stereocenters. The van der Waals surface area contributed by atoms with Crippen LogP contribution in [-0.4, -0.2) is 50.0 Å². The molecule has 1 aromatic heterocycles. The standard InChI is InChI=1S/C23H32N4O3.HI/c1-2-24-23(26-13-7-14-29-21-11-15-28-18-21)27-16-20-10-6-12-25-22(20)30-17-19-8-4-3-5-9-19;/h3-6,8-10,12,21H,2,7,11,13-18H2,1H3,(H2,24,26,27);1H. The summed E-state index contributed by atoms with van der Waals surface area (Å²) in [7, 11) is 0. The van der Waals surface area contributed by atoms with E-state index in [0.29, 0.717) is 19.0 Å². The number of ether oxygens (including phenoxy) is 3. The summed E-state index contributed by atoms with van der Waals surface area (Å²) in [6.07, 6.45) is 3.91. The molecule has 0 bridgehead atoms. The molecule has 0 radical (unpaired) electrons. The zero-order valence-electron chi connectivity index (χ0n) is 18.1. The maximum Gasteiger partial charge on any atom is 0.218 e. The highest BCUT2D eigenvalue weighted by Crippen LogP contribution is 2.17. The molecule has 3 rings (SSSR count). The third-order valence-electron chi connectivity index (χ3n) is 4.68. The van der Waals surface area contributed by atoms with Crippen LogP contribution in [-0.2, 0) is 22.6 Å². The Hall–Kier alpha value is -1.91. The summed E-state index contributed by atoms with van der Waals surface area (Å²) < 4.78 is 17.1. The van der Waals surface area contributed by atoms with Crippen molar-refractivity contribution in [3.63, 3.8) is 0 Å². The molecule has 1 fully saturated rings. The molecular formula is C23H33IN4O3. The molecule has 1 aliphatic rings. The molecule has 0 saturated carbocycles. The third kappa shape index (κ3) is 9.40. The monoisotopic (exact) mass is 540 g/mol. The summed E-state index contributed by atoms with van der Waals surface area (Å²) in [5.74, 6) is 1.40. The zero-order valence-corrected chi connectivity index (χ0v) is 20.4. The fraction of sp³-hybridized carbons (Fsp3) is 0.478. The number of guanidine groups is 1. The number of rotatable bonds is 11. The third-order valence-corrected chi connectivity index (χ3v) is 4.68. The highest BCUT2D eigenvalue weighted by molar-refractivity contribution is 14.0. The fourth-order valence-corrected chi connectivity index (χ4v) is 3.08. The number of benzene rings is 1. The van der Waals surface area contributed by atoms with Crippen LogP contribution in [0.1, 0.15) is 30.9 Å². The quantitative estimate of drug-likeness (QED) is 0.197. The number of nitrogens with one attached hydrogen (secondary N) is 2. The van der Waals surface area contributed by atoms with Gasteiger partial charge in [-0.3, -0.25) is 0 Å². The zero-order chi connectivity index (χ0) is 20.9. The van der Waals surface area contributed by atoms with Gasteiger partial charge in [0.1, 0.15) is 6.61 Å². The second-order valence-corrected chi connectivity index (χ2v) is 7.07. The van der Waals surface area contributed by atoms with Crippen LogP contribution in [0.25, 0.3) is 0 Å². The second-order valence-electron chi connectivity index (χ2n) is 7.07. The Kier molecular flexibility index (Phi) is 12.3. The van der Waals surface area contributed by atoms with Gasteiger partial charge in [0.2, 0.25) is 5.88 Å². The molecule has 170 valence electrons. The first-order chi connectivity index (χ1) is 14.8. The number of halogens is 1. The van der Waals surface area contributed by atoms with Gasteiger partial charge in [-0.1, -0.05) is 36.4 Å². The van der Waals surface area contributed by atoms with E-state index in [1.807, 2.05) is 42.5 Å². The molecule has 7 nitrogen and oxygen atoms in total. The molecule has 0 amide bonds. The van der Waals surface area contributed by atoms with Crippen molar-refractivity contribution in [2.75, 3.05) is 32.9 Å². The lowest BCUT2D eigenvalue weighted by Gasteiger charge is -2.13. The lowest BCUT2D eigenvalue weighted by Crippen LogP contribution is -2.38. The number of hydrogen-bond donors (Lipinski definition) is 2. The minimum atomic E-state index is 0. The van der Waals surface area contributed by atoms with Crippen LogP contribution in [0.2, 0.25) is 0 Å². The van der Waals surface area contributed by atoms with Crippen LogP contribution in [0.3, 0.4) is 0 Å². The summed E-state index contributed by atoms with van der Waals surface area (Å²) in [4.78, 5) is 9.07. The molecule has 1 atom stereocenters. The van der Waals surface area contributed by atoms with Crippen LogP contribution < -0.4 is 15.4 Å². The topological polar surface area (TPSA) is 77.0 Å². The van der Waals surface area contributed by atoms with Gasteiger partial charge >= 0.3 is 0 Å². The van der Waals surface area contributed by atoms with Crippen molar-refractivity contribution in [1.82, 2.24) is 15.6 Å². The smallest absolute Gasteiger partial charge is 0.218 e. The molecule has 1 saturated heterocycles. The van der Waals surface area contributed by atoms with E-state index in [9.17, 15) is 0 Å². The molecule has 1 aliphatic heterocycles. The first kappa shape index (κ1) is 25.4. The van der Waals surface area contributed by atoms with Crippen molar-refractivity contribution in [2.24, 2.45) is 4.99 Å². The van der Waals surface area contributed by atoms with E-state index in [0.717, 1.165) is 62.8 Å². The van der Waals surface area contributed by atoms with Gasteiger partial charge in [0.25, 0.3) is 0 Å². The lowest BCUT2D eigenvalue weighted by atomic mass is 10.2. The number of hydrogen-bond acceptors (Lipinski definition) is 5. The first-order valence-electron chi connectivity index (χ1n) is 10.7. The molecule has 1 aromatic carbocycles. The van der Waals surface area contributed by atoms with E-state index >= 15 is 0 Å². The van der Waals surface area contributed by atoms with Crippen molar-refractivity contribution in [3.05, 3.63) is 59.8 Å². The Morgan fingerprint density at radius 2 is 2.06 bits per heavy atom. The summed E-state index contributed by atoms with van der Waals surface area (Å²) in [6, 6.07) is 14.0. The van der Waals surface area contributed by atoms with E-state index < -0.39 is 0 Å². The molecule has 2 heterocycles. The molecule has 2 aromatic rings. The average molecular weight is 540 g/mol. The van der Waals surface area contributed by atoms with Gasteiger partial charge < -0.3 is 24.8 Å². The minimum Gasteiger partial charge on any atom is -0.473 e. The van der Waals surface area contributed by atoms with Gasteiger partial charge in [-0.15, -0.1) is 24.0 Å². The summed E-state index contributed by atoms with van der Waals surface area (Å²) >= 11 is 0. The molecule has 0 aliphatic carbocycles. The molecule has 8 heteroatoms. The van der Waals surface area contributed by atoms with Gasteiger partial charge in [0, 0.05) is 38.1 Å². The largest absolute Gasteiger partial charge is 0.473 e. The average Bonchev–Trinajstić information content (AvgIpc) is 3.30. The van der Waals surface area contributed by atoms with Crippen LogP contribution in [0.4, 0.5) is 0 Å². The maximum absolute atomic E-state index is 5.93. The van der Waals surface area contributed by atoms with Gasteiger partial charge in [0.15, 0.2) is 5.96 Å². The normalized spacial score (nSPS) is 15.9. The van der Waals surface area contributed by atoms with Crippen molar-refractivity contribution < 1.29 is 14.2 Å². The van der Waals surface area contributed by atoms with E-state index in [4.69, 9.17) is 14.2 Å². The maximum atomic E-state index is 5.93. The van der Waals surface area contributed by atoms with Crippen molar-refractivity contribution in [2.45, 2.75) is 39.0 Å². The van der Waals surface area contributed by atoms with Gasteiger partial charge in [-0.05, 0) is 31.4 Å². The minimum absolute atomic E-state index is 0. The van der Waals surface area contributed by atoms with Gasteiger partial charge in [-0.2, -0.15) is 0 Å². The fourth-order valence-electron chi connectivity index (χ4n) is 3.08. The Morgan fingerprint density at radius 3 is 2.84 bits per heavy atom. The van der Waals surface area contributed by atoms with Crippen LogP contribution in [0.5, 0.6) is 5.88 Å². The Labute approximate surface area is 202 Å². The van der Waals surface area contributed by atoms with Crippen LogP contribution >= 0.6 is 24.0 Å². The van der Waals surface area contributed by atoms with Crippen LogP contribution in [0, 0.1) is 0 Å². The van der Waals surface area contributed by atoms with E-state index in [-0.39, 0.29) is 30.1 Å². The Morgan fingerprint density at radius 1 is 1.19 bits per heavy atom. The SMILES string of the molecule is CCNC(=NCc1cccnc1OCc1ccccc1)NCCCOC1CCOC1.I. The predicted molar refractivity (Wildman–Crippen MR) is 133 cm³/mol. The molecular weight excluding hydrogens is 507 g/mol. The van der Waals surface area contributed by atoms with Crippen LogP contribution in [0.15, 0.2) is 53.7 Å². The van der Waals surface area contributed by atoms with Gasteiger partial charge in [0.05, 0.1) is 19.3 Å². The molecule has 0 spiro atoms. The van der Waals surface area contributed by atoms with E-state index in [1.54, 1.807) is 6.20 Å². The highest BCUT2D eigenvalue weighted by atomic mass is 127. The summed E-state index contributed by atoms with van der Waals surface area (Å²) in [6.45, 7) is 6.88. The number of nitrogens with zero attached hydrogens (tertiary/aromatic N) is 2. The van der Waals surface area contributed by atoms with Crippen molar-refractivity contribution in [1.29, 1.82) is 0 Å². The number of aromatic nitrogens is 1. The highest BCUT2D eigenvalue weighted by Gasteiger charge is 2.15. The lowest BCUT2D eigenvalue weighted by molar-refractivity contribution is 0.0420. The Balaban J connectivity index is 0.00000341. The number of pyridine rings is 1. The molecule has 31 heavy (non-hydrogen) atoms. The van der Waals surface area contributed by atoms with E-state index in [1.165, 1.54) is 0 Å². The molecule has 2 N–H and O–H groups in total. The Bertz CT molecular complexity index is 770. The summed E-state index contributed by atoms with van der Waals surface area (Å²) in [5, 5.41) is 6.64. The van der Waals surface area contributed by atoms with Crippen molar-refractivity contribution in [3.8, 4) is 5.88 Å². The van der Waals surface area contributed by atoms with Gasteiger partial charge in [-0.25, -0.2) is 9.98 Å². The second kappa shape index (κ2) is 15.0.